The fourth-order valence-corrected chi connectivity index (χ4v) is 2.65. The molecule has 9 heteroatoms. The first-order chi connectivity index (χ1) is 11.2. The van der Waals surface area contributed by atoms with E-state index in [4.69, 9.17) is 23.7 Å². The molecule has 0 saturated carbocycles. The van der Waals surface area contributed by atoms with E-state index in [0.29, 0.717) is 0 Å². The van der Waals surface area contributed by atoms with Crippen molar-refractivity contribution >= 4 is 17.8 Å². The minimum Gasteiger partial charge on any atom is -0.463 e. The van der Waals surface area contributed by atoms with E-state index in [1.807, 2.05) is 0 Å². The number of nitrogens with zero attached hydrogens (tertiary/aromatic N) is 1. The van der Waals surface area contributed by atoms with Gasteiger partial charge in [-0.05, 0) is 0 Å². The van der Waals surface area contributed by atoms with Crippen molar-refractivity contribution in [1.82, 2.24) is 4.90 Å². The maximum atomic E-state index is 11.8. The van der Waals surface area contributed by atoms with Crippen molar-refractivity contribution in [2.75, 3.05) is 27.9 Å². The third kappa shape index (κ3) is 4.89. The van der Waals surface area contributed by atoms with Gasteiger partial charge in [-0.2, -0.15) is 0 Å². The molecule has 1 heterocycles. The molecule has 0 aliphatic carbocycles. The van der Waals surface area contributed by atoms with E-state index in [9.17, 15) is 14.4 Å². The van der Waals surface area contributed by atoms with Gasteiger partial charge < -0.3 is 28.6 Å². The number of rotatable bonds is 6. The maximum absolute atomic E-state index is 11.8. The predicted octanol–water partition coefficient (Wildman–Crippen LogP) is -0.286. The van der Waals surface area contributed by atoms with Crippen LogP contribution in [0.3, 0.4) is 0 Å². The van der Waals surface area contributed by atoms with Crippen LogP contribution in [0.25, 0.3) is 0 Å². The number of ether oxygens (including phenoxy) is 5. The number of carbonyl (C=O) groups is 3. The van der Waals surface area contributed by atoms with Gasteiger partial charge >= 0.3 is 11.9 Å². The third-order valence-corrected chi connectivity index (χ3v) is 3.82. The monoisotopic (exact) mass is 347 g/mol. The van der Waals surface area contributed by atoms with Crippen LogP contribution in [0.5, 0.6) is 0 Å². The van der Waals surface area contributed by atoms with Crippen LogP contribution in [0.15, 0.2) is 0 Å². The number of likely N-dealkylation sites (N-methyl/N-ethyl adjacent to an activating group) is 1. The Morgan fingerprint density at radius 3 is 2.04 bits per heavy atom. The molecule has 24 heavy (non-hydrogen) atoms. The number of hydrogen-bond donors (Lipinski definition) is 0. The summed E-state index contributed by atoms with van der Waals surface area (Å²) in [5.74, 6) is -1.27. The lowest BCUT2D eigenvalue weighted by Crippen LogP contribution is -2.66. The average Bonchev–Trinajstić information content (AvgIpc) is 2.50. The SMILES string of the molecule is CO[C@@H]1O[C@H](COC(C)=O)[C@@H](OC)[C@H](OC(C)=O)[C@H]1N(C)C(C)=O. The van der Waals surface area contributed by atoms with E-state index >= 15 is 0 Å². The molecule has 0 spiro atoms. The Kier molecular flexibility index (Phi) is 7.59. The normalized spacial score (nSPS) is 29.7. The first kappa shape index (κ1) is 20.3. The van der Waals surface area contributed by atoms with Gasteiger partial charge in [-0.3, -0.25) is 14.4 Å². The van der Waals surface area contributed by atoms with E-state index in [1.54, 1.807) is 7.05 Å². The van der Waals surface area contributed by atoms with E-state index in [-0.39, 0.29) is 12.5 Å². The standard InChI is InChI=1S/C15H25NO8/c1-8(17)16(4)12-14(23-10(3)19)13(20-5)11(7-22-9(2)18)24-15(12)21-6/h11-15H,7H2,1-6H3/t11-,12-,13-,14-,15-/m1/s1. The fraction of sp³-hybridized carbons (Fsp3) is 0.800. The van der Waals surface area contributed by atoms with Crippen molar-refractivity contribution in [3.05, 3.63) is 0 Å². The summed E-state index contributed by atoms with van der Waals surface area (Å²) in [6.07, 6.45) is -3.19. The van der Waals surface area contributed by atoms with Gasteiger partial charge in [0, 0.05) is 42.0 Å². The first-order valence-corrected chi connectivity index (χ1v) is 7.47. The molecular formula is C15H25NO8. The molecule has 0 aromatic rings. The largest absolute Gasteiger partial charge is 0.463 e. The molecule has 0 bridgehead atoms. The lowest BCUT2D eigenvalue weighted by atomic mass is 9.95. The number of carbonyl (C=O) groups excluding carboxylic acids is 3. The summed E-state index contributed by atoms with van der Waals surface area (Å²) in [4.78, 5) is 35.8. The molecule has 9 nitrogen and oxygen atoms in total. The molecular weight excluding hydrogens is 322 g/mol. The first-order valence-electron chi connectivity index (χ1n) is 7.47. The van der Waals surface area contributed by atoms with Crippen molar-refractivity contribution in [1.29, 1.82) is 0 Å². The minimum atomic E-state index is -0.879. The molecule has 1 fully saturated rings. The van der Waals surface area contributed by atoms with Crippen molar-refractivity contribution < 1.29 is 38.1 Å². The molecule has 1 aliphatic heterocycles. The third-order valence-electron chi connectivity index (χ3n) is 3.82. The summed E-state index contributed by atoms with van der Waals surface area (Å²) in [5.41, 5.74) is 0. The molecule has 0 unspecified atom stereocenters. The van der Waals surface area contributed by atoms with Gasteiger partial charge in [0.2, 0.25) is 5.91 Å². The molecule has 1 aliphatic rings. The molecule has 0 radical (unpaired) electrons. The summed E-state index contributed by atoms with van der Waals surface area (Å²) in [7, 11) is 4.38. The molecule has 0 aromatic carbocycles. The smallest absolute Gasteiger partial charge is 0.303 e. The Morgan fingerprint density at radius 1 is 1.00 bits per heavy atom. The molecule has 0 aromatic heterocycles. The van der Waals surface area contributed by atoms with Crippen molar-refractivity contribution in [2.24, 2.45) is 0 Å². The summed E-state index contributed by atoms with van der Waals surface area (Å²) < 4.78 is 26.9. The van der Waals surface area contributed by atoms with E-state index in [1.165, 1.54) is 39.9 Å². The van der Waals surface area contributed by atoms with Gasteiger partial charge in [0.25, 0.3) is 0 Å². The summed E-state index contributed by atoms with van der Waals surface area (Å²) in [5, 5.41) is 0. The maximum Gasteiger partial charge on any atom is 0.303 e. The average molecular weight is 347 g/mol. The van der Waals surface area contributed by atoms with Gasteiger partial charge in [0.15, 0.2) is 12.4 Å². The molecule has 0 N–H and O–H groups in total. The van der Waals surface area contributed by atoms with Crippen molar-refractivity contribution in [2.45, 2.75) is 51.4 Å². The van der Waals surface area contributed by atoms with Crippen LogP contribution in [0.1, 0.15) is 20.8 Å². The topological polar surface area (TPSA) is 101 Å². The molecule has 138 valence electrons. The number of hydrogen-bond acceptors (Lipinski definition) is 8. The summed E-state index contributed by atoms with van der Waals surface area (Å²) in [6.45, 7) is 3.82. The van der Waals surface area contributed by atoms with E-state index in [2.05, 4.69) is 0 Å². The van der Waals surface area contributed by atoms with Crippen LogP contribution in [0.2, 0.25) is 0 Å². The molecule has 5 atom stereocenters. The van der Waals surface area contributed by atoms with E-state index < -0.39 is 42.6 Å². The van der Waals surface area contributed by atoms with Gasteiger partial charge in [-0.15, -0.1) is 0 Å². The lowest BCUT2D eigenvalue weighted by molar-refractivity contribution is -0.284. The highest BCUT2D eigenvalue weighted by atomic mass is 16.7. The van der Waals surface area contributed by atoms with Gasteiger partial charge in [-0.25, -0.2) is 0 Å². The number of esters is 2. The Morgan fingerprint density at radius 2 is 1.62 bits per heavy atom. The molecule has 1 rings (SSSR count). The highest BCUT2D eigenvalue weighted by Crippen LogP contribution is 2.29. The molecule has 1 amide bonds. The Hall–Kier alpha value is -1.71. The van der Waals surface area contributed by atoms with Crippen LogP contribution in [0.4, 0.5) is 0 Å². The van der Waals surface area contributed by atoms with Gasteiger partial charge in [-0.1, -0.05) is 0 Å². The van der Waals surface area contributed by atoms with Crippen LogP contribution in [0, 0.1) is 0 Å². The number of amides is 1. The zero-order chi connectivity index (χ0) is 18.4. The second-order valence-corrected chi connectivity index (χ2v) is 5.48. The van der Waals surface area contributed by atoms with Crippen LogP contribution >= 0.6 is 0 Å². The fourth-order valence-electron chi connectivity index (χ4n) is 2.65. The summed E-state index contributed by atoms with van der Waals surface area (Å²) in [6, 6.07) is -0.713. The zero-order valence-corrected chi connectivity index (χ0v) is 14.8. The molecule has 1 saturated heterocycles. The lowest BCUT2D eigenvalue weighted by Gasteiger charge is -2.47. The second kappa shape index (κ2) is 8.95. The van der Waals surface area contributed by atoms with Crippen LogP contribution in [-0.4, -0.2) is 81.3 Å². The minimum absolute atomic E-state index is 0.0953. The highest BCUT2D eigenvalue weighted by Gasteiger charge is 2.51. The second-order valence-electron chi connectivity index (χ2n) is 5.48. The van der Waals surface area contributed by atoms with Crippen molar-refractivity contribution in [3.63, 3.8) is 0 Å². The van der Waals surface area contributed by atoms with E-state index in [0.717, 1.165) is 0 Å². The highest BCUT2D eigenvalue weighted by molar-refractivity contribution is 5.73. The summed E-state index contributed by atoms with van der Waals surface area (Å²) >= 11 is 0. The van der Waals surface area contributed by atoms with Gasteiger partial charge in [0.05, 0.1) is 0 Å². The Balaban J connectivity index is 3.15. The van der Waals surface area contributed by atoms with Crippen molar-refractivity contribution in [3.8, 4) is 0 Å². The Labute approximate surface area is 141 Å². The van der Waals surface area contributed by atoms with Crippen LogP contribution in [-0.2, 0) is 38.1 Å². The quantitative estimate of drug-likeness (QED) is 0.605. The Bertz CT molecular complexity index is 468. The number of methoxy groups -OCH3 is 2. The predicted molar refractivity (Wildman–Crippen MR) is 80.9 cm³/mol. The van der Waals surface area contributed by atoms with Crippen LogP contribution < -0.4 is 0 Å². The zero-order valence-electron chi connectivity index (χ0n) is 14.8. The van der Waals surface area contributed by atoms with Gasteiger partial charge in [0.1, 0.15) is 24.9 Å².